The lowest BCUT2D eigenvalue weighted by molar-refractivity contribution is 0.387. The first-order valence-corrected chi connectivity index (χ1v) is 2.83. The third kappa shape index (κ3) is 1.29. The number of methoxy groups -OCH3 is 1. The number of benzene rings is 1. The van der Waals surface area contributed by atoms with E-state index in [1.807, 2.05) is 0 Å². The van der Waals surface area contributed by atoms with Crippen molar-refractivity contribution in [2.45, 2.75) is 0 Å². The van der Waals surface area contributed by atoms with Gasteiger partial charge in [-0.1, -0.05) is 11.5 Å². The van der Waals surface area contributed by atoms with E-state index in [0.717, 1.165) is 0 Å². The summed E-state index contributed by atoms with van der Waals surface area (Å²) in [6, 6.07) is 4.30. The molecule has 0 saturated heterocycles. The Kier molecular flexibility index (Phi) is 1.95. The van der Waals surface area contributed by atoms with Crippen LogP contribution in [-0.2, 0) is 0 Å². The van der Waals surface area contributed by atoms with E-state index in [9.17, 15) is 4.39 Å². The molecule has 0 aliphatic heterocycles. The van der Waals surface area contributed by atoms with Gasteiger partial charge in [0.2, 0.25) is 0 Å². The molecule has 1 rings (SSSR count). The molecule has 1 aromatic carbocycles. The quantitative estimate of drug-likeness (QED) is 0.514. The molecule has 0 atom stereocenters. The van der Waals surface area contributed by atoms with Gasteiger partial charge in [-0.25, -0.2) is 4.39 Å². The van der Waals surface area contributed by atoms with Crippen molar-refractivity contribution in [3.8, 4) is 5.75 Å². The van der Waals surface area contributed by atoms with Gasteiger partial charge in [0.05, 0.1) is 7.11 Å². The van der Waals surface area contributed by atoms with Crippen molar-refractivity contribution in [2.75, 3.05) is 7.11 Å². The second kappa shape index (κ2) is 2.73. The summed E-state index contributed by atoms with van der Waals surface area (Å²) in [5, 5.41) is 0. The number of rotatable bonds is 1. The molecule has 0 aliphatic rings. The SMILES string of the molecule is [B]c1ccc(OC)c(F)c1. The molecular weight excluding hydrogens is 130 g/mol. The van der Waals surface area contributed by atoms with E-state index in [1.165, 1.54) is 19.2 Å². The molecule has 0 aliphatic carbocycles. The van der Waals surface area contributed by atoms with Gasteiger partial charge < -0.3 is 4.74 Å². The first-order chi connectivity index (χ1) is 4.74. The predicted molar refractivity (Wildman–Crippen MR) is 38.3 cm³/mol. The van der Waals surface area contributed by atoms with E-state index < -0.39 is 5.82 Å². The Morgan fingerprint density at radius 1 is 1.50 bits per heavy atom. The van der Waals surface area contributed by atoms with Crippen molar-refractivity contribution in [1.82, 2.24) is 0 Å². The van der Waals surface area contributed by atoms with Gasteiger partial charge in [-0.15, -0.1) is 0 Å². The molecule has 50 valence electrons. The van der Waals surface area contributed by atoms with Gasteiger partial charge >= 0.3 is 0 Å². The third-order valence-corrected chi connectivity index (χ3v) is 1.18. The zero-order valence-electron chi connectivity index (χ0n) is 5.60. The maximum atomic E-state index is 12.6. The van der Waals surface area contributed by atoms with Crippen molar-refractivity contribution in [3.63, 3.8) is 0 Å². The Balaban J connectivity index is 3.07. The average molecular weight is 136 g/mol. The monoisotopic (exact) mass is 136 g/mol. The maximum Gasteiger partial charge on any atom is 0.164 e. The minimum Gasteiger partial charge on any atom is -0.494 e. The van der Waals surface area contributed by atoms with Crippen LogP contribution >= 0.6 is 0 Å². The molecule has 1 nitrogen and oxygen atoms in total. The minimum absolute atomic E-state index is 0.217. The highest BCUT2D eigenvalue weighted by Gasteiger charge is 1.98. The number of hydrogen-bond acceptors (Lipinski definition) is 1. The van der Waals surface area contributed by atoms with E-state index >= 15 is 0 Å². The smallest absolute Gasteiger partial charge is 0.164 e. The molecule has 0 heterocycles. The molecular formula is C7H6BFO. The topological polar surface area (TPSA) is 9.23 Å². The minimum atomic E-state index is -0.428. The fraction of sp³-hybridized carbons (Fsp3) is 0.143. The average Bonchev–Trinajstić information content (AvgIpc) is 1.88. The lowest BCUT2D eigenvalue weighted by Crippen LogP contribution is -2.02. The molecule has 0 spiro atoms. The largest absolute Gasteiger partial charge is 0.494 e. The summed E-state index contributed by atoms with van der Waals surface area (Å²) in [4.78, 5) is 0. The molecule has 3 heteroatoms. The number of hydrogen-bond donors (Lipinski definition) is 0. The van der Waals surface area contributed by atoms with Crippen LogP contribution in [0.1, 0.15) is 0 Å². The summed E-state index contributed by atoms with van der Waals surface area (Å²) < 4.78 is 17.3. The van der Waals surface area contributed by atoms with Crippen molar-refractivity contribution >= 4 is 13.3 Å². The van der Waals surface area contributed by atoms with Gasteiger partial charge in [0.15, 0.2) is 11.6 Å². The standard InChI is InChI=1S/C7H6BFO/c1-10-7-3-2-5(8)4-6(7)9/h2-4H,1H3. The molecule has 0 aromatic heterocycles. The summed E-state index contributed by atoms with van der Waals surface area (Å²) >= 11 is 0. The second-order valence-electron chi connectivity index (χ2n) is 1.89. The van der Waals surface area contributed by atoms with Crippen molar-refractivity contribution in [2.24, 2.45) is 0 Å². The first kappa shape index (κ1) is 7.13. The van der Waals surface area contributed by atoms with Crippen molar-refractivity contribution in [1.29, 1.82) is 0 Å². The summed E-state index contributed by atoms with van der Waals surface area (Å²) in [5.41, 5.74) is 0.401. The van der Waals surface area contributed by atoms with Crippen LogP contribution in [-0.4, -0.2) is 15.0 Å². The third-order valence-electron chi connectivity index (χ3n) is 1.18. The molecule has 10 heavy (non-hydrogen) atoms. The van der Waals surface area contributed by atoms with Gasteiger partial charge in [0, 0.05) is 0 Å². The Labute approximate surface area is 60.2 Å². The van der Waals surface area contributed by atoms with Gasteiger partial charge in [-0.2, -0.15) is 0 Å². The van der Waals surface area contributed by atoms with E-state index in [0.29, 0.717) is 5.46 Å². The van der Waals surface area contributed by atoms with Crippen LogP contribution in [0.15, 0.2) is 18.2 Å². The summed E-state index contributed by atoms with van der Waals surface area (Å²) in [6.45, 7) is 0. The normalized spacial score (nSPS) is 9.40. The highest BCUT2D eigenvalue weighted by molar-refractivity contribution is 6.32. The Hall–Kier alpha value is -0.985. The first-order valence-electron chi connectivity index (χ1n) is 2.83. The van der Waals surface area contributed by atoms with E-state index in [4.69, 9.17) is 7.85 Å². The summed E-state index contributed by atoms with van der Waals surface area (Å²) in [6.07, 6.45) is 0. The van der Waals surface area contributed by atoms with Crippen molar-refractivity contribution < 1.29 is 9.13 Å². The fourth-order valence-electron chi connectivity index (χ4n) is 0.683. The Morgan fingerprint density at radius 2 is 2.20 bits per heavy atom. The zero-order valence-corrected chi connectivity index (χ0v) is 5.60. The van der Waals surface area contributed by atoms with E-state index in [-0.39, 0.29) is 5.75 Å². The molecule has 0 N–H and O–H groups in total. The molecule has 2 radical (unpaired) electrons. The van der Waals surface area contributed by atoms with Crippen LogP contribution in [0.3, 0.4) is 0 Å². The van der Waals surface area contributed by atoms with Crippen LogP contribution in [0.25, 0.3) is 0 Å². The maximum absolute atomic E-state index is 12.6. The molecule has 0 saturated carbocycles. The van der Waals surface area contributed by atoms with Gasteiger partial charge in [0.1, 0.15) is 7.85 Å². The lowest BCUT2D eigenvalue weighted by atomic mass is 9.96. The Morgan fingerprint density at radius 3 is 2.70 bits per heavy atom. The van der Waals surface area contributed by atoms with Crippen LogP contribution in [0, 0.1) is 5.82 Å². The molecule has 0 bridgehead atoms. The number of halogens is 1. The van der Waals surface area contributed by atoms with Crippen molar-refractivity contribution in [3.05, 3.63) is 24.0 Å². The van der Waals surface area contributed by atoms with Gasteiger partial charge in [0.25, 0.3) is 0 Å². The highest BCUT2D eigenvalue weighted by atomic mass is 19.1. The summed E-state index contributed by atoms with van der Waals surface area (Å²) in [7, 11) is 6.70. The second-order valence-corrected chi connectivity index (χ2v) is 1.89. The molecule has 0 amide bonds. The van der Waals surface area contributed by atoms with Crippen LogP contribution < -0.4 is 10.2 Å². The predicted octanol–water partition coefficient (Wildman–Crippen LogP) is 0.628. The lowest BCUT2D eigenvalue weighted by Gasteiger charge is -2.00. The molecule has 0 unspecified atom stereocenters. The van der Waals surface area contributed by atoms with E-state index in [2.05, 4.69) is 4.74 Å². The fourth-order valence-corrected chi connectivity index (χ4v) is 0.683. The highest BCUT2D eigenvalue weighted by Crippen LogP contribution is 2.12. The zero-order chi connectivity index (χ0) is 7.56. The van der Waals surface area contributed by atoms with Crippen LogP contribution in [0.4, 0.5) is 4.39 Å². The van der Waals surface area contributed by atoms with Crippen LogP contribution in [0.2, 0.25) is 0 Å². The molecule has 1 aromatic rings. The number of ether oxygens (including phenoxy) is 1. The molecule has 0 fully saturated rings. The Bertz CT molecular complexity index is 237. The van der Waals surface area contributed by atoms with Gasteiger partial charge in [-0.05, 0) is 12.1 Å². The van der Waals surface area contributed by atoms with Crippen LogP contribution in [0.5, 0.6) is 5.75 Å². The van der Waals surface area contributed by atoms with E-state index in [1.54, 1.807) is 6.07 Å². The summed E-state index contributed by atoms with van der Waals surface area (Å²) in [5.74, 6) is -0.211. The van der Waals surface area contributed by atoms with Gasteiger partial charge in [-0.3, -0.25) is 0 Å².